The molecule has 0 radical (unpaired) electrons. The third kappa shape index (κ3) is 3.66. The summed E-state index contributed by atoms with van der Waals surface area (Å²) in [4.78, 5) is 18.7. The van der Waals surface area contributed by atoms with Crippen LogP contribution in [0.25, 0.3) is 0 Å². The Morgan fingerprint density at radius 2 is 2.04 bits per heavy atom. The number of pyridine rings is 1. The lowest BCUT2D eigenvalue weighted by atomic mass is 10.1. The van der Waals surface area contributed by atoms with E-state index in [-0.39, 0.29) is 18.1 Å². The van der Waals surface area contributed by atoms with Gasteiger partial charge < -0.3 is 14.4 Å². The molecule has 0 N–H and O–H groups in total. The van der Waals surface area contributed by atoms with Crippen LogP contribution in [0.5, 0.6) is 5.75 Å². The zero-order valence-corrected chi connectivity index (χ0v) is 14.1. The van der Waals surface area contributed by atoms with Crippen LogP contribution in [0, 0.1) is 0 Å². The first-order chi connectivity index (χ1) is 12.3. The minimum absolute atomic E-state index is 0.0990. The second-order valence-corrected chi connectivity index (χ2v) is 6.62. The molecule has 0 saturated carbocycles. The summed E-state index contributed by atoms with van der Waals surface area (Å²) in [6.07, 6.45) is 5.82. The lowest BCUT2D eigenvalue weighted by Gasteiger charge is -2.33. The molecule has 1 aromatic carbocycles. The predicted octanol–water partition coefficient (Wildman–Crippen LogP) is 2.59. The number of fused-ring (bicyclic) bond motifs is 1. The van der Waals surface area contributed by atoms with Crippen molar-refractivity contribution in [3.8, 4) is 5.75 Å². The predicted molar refractivity (Wildman–Crippen MR) is 93.2 cm³/mol. The Balaban J connectivity index is 1.25. The Morgan fingerprint density at radius 1 is 1.20 bits per heavy atom. The summed E-state index contributed by atoms with van der Waals surface area (Å²) in [5, 5.41) is 0. The second-order valence-electron chi connectivity index (χ2n) is 6.62. The number of ether oxygens (including phenoxy) is 2. The summed E-state index contributed by atoms with van der Waals surface area (Å²) in [6, 6.07) is 11.8. The number of nitrogens with zero attached hydrogens (tertiary/aromatic N) is 2. The number of aromatic nitrogens is 1. The van der Waals surface area contributed by atoms with E-state index in [4.69, 9.17) is 9.47 Å². The highest BCUT2D eigenvalue weighted by atomic mass is 16.5. The summed E-state index contributed by atoms with van der Waals surface area (Å²) in [5.41, 5.74) is 2.20. The number of amides is 1. The minimum Gasteiger partial charge on any atom is -0.480 e. The standard InChI is InChI=1S/C20H22N2O3/c23-20(19-12-16-5-1-2-6-18(16)25-19)22-10-7-17(8-11-22)24-14-15-4-3-9-21-13-15/h1-6,9,13,17,19H,7-8,10-12,14H2/t19-/m1/s1. The Labute approximate surface area is 147 Å². The normalized spacial score (nSPS) is 20.2. The number of carbonyl (C=O) groups is 1. The highest BCUT2D eigenvalue weighted by Crippen LogP contribution is 2.29. The van der Waals surface area contributed by atoms with Crippen LogP contribution < -0.4 is 4.74 Å². The molecule has 5 heteroatoms. The molecule has 2 aromatic rings. The Hall–Kier alpha value is -2.40. The molecule has 1 aromatic heterocycles. The van der Waals surface area contributed by atoms with Crippen molar-refractivity contribution >= 4 is 5.91 Å². The van der Waals surface area contributed by atoms with Gasteiger partial charge in [-0.3, -0.25) is 9.78 Å². The van der Waals surface area contributed by atoms with E-state index >= 15 is 0 Å². The van der Waals surface area contributed by atoms with Crippen molar-refractivity contribution in [3.63, 3.8) is 0 Å². The van der Waals surface area contributed by atoms with Gasteiger partial charge in [-0.2, -0.15) is 0 Å². The highest BCUT2D eigenvalue weighted by molar-refractivity contribution is 5.82. The highest BCUT2D eigenvalue weighted by Gasteiger charge is 2.34. The van der Waals surface area contributed by atoms with Gasteiger partial charge in [-0.15, -0.1) is 0 Å². The maximum absolute atomic E-state index is 12.7. The molecule has 1 amide bonds. The SMILES string of the molecule is O=C([C@H]1Cc2ccccc2O1)N1CCC(OCc2cccnc2)CC1. The van der Waals surface area contributed by atoms with Gasteiger partial charge in [0.05, 0.1) is 12.7 Å². The molecule has 130 valence electrons. The molecule has 1 fully saturated rings. The van der Waals surface area contributed by atoms with E-state index in [1.54, 1.807) is 6.20 Å². The van der Waals surface area contributed by atoms with Gasteiger partial charge in [0.25, 0.3) is 5.91 Å². The molecule has 0 spiro atoms. The first-order valence-electron chi connectivity index (χ1n) is 8.83. The van der Waals surface area contributed by atoms with Gasteiger partial charge in [-0.05, 0) is 36.1 Å². The maximum Gasteiger partial charge on any atom is 0.263 e. The van der Waals surface area contributed by atoms with E-state index in [2.05, 4.69) is 4.98 Å². The van der Waals surface area contributed by atoms with Crippen molar-refractivity contribution in [2.45, 2.75) is 38.1 Å². The molecular formula is C20H22N2O3. The number of hydrogen-bond donors (Lipinski definition) is 0. The number of benzene rings is 1. The fraction of sp³-hybridized carbons (Fsp3) is 0.400. The molecule has 1 saturated heterocycles. The van der Waals surface area contributed by atoms with Crippen LogP contribution in [0.2, 0.25) is 0 Å². The Morgan fingerprint density at radius 3 is 2.80 bits per heavy atom. The van der Waals surface area contributed by atoms with Crippen LogP contribution in [0.3, 0.4) is 0 Å². The van der Waals surface area contributed by atoms with Gasteiger partial charge in [-0.25, -0.2) is 0 Å². The number of carbonyl (C=O) groups excluding carboxylic acids is 1. The number of likely N-dealkylation sites (tertiary alicyclic amines) is 1. The fourth-order valence-corrected chi connectivity index (χ4v) is 3.46. The summed E-state index contributed by atoms with van der Waals surface area (Å²) < 4.78 is 11.8. The van der Waals surface area contributed by atoms with Crippen molar-refractivity contribution in [1.29, 1.82) is 0 Å². The molecular weight excluding hydrogens is 316 g/mol. The van der Waals surface area contributed by atoms with Crippen molar-refractivity contribution < 1.29 is 14.3 Å². The molecule has 2 aliphatic heterocycles. The average Bonchev–Trinajstić information content (AvgIpc) is 3.11. The van der Waals surface area contributed by atoms with Crippen molar-refractivity contribution in [2.75, 3.05) is 13.1 Å². The van der Waals surface area contributed by atoms with E-state index in [1.165, 1.54) is 0 Å². The fourth-order valence-electron chi connectivity index (χ4n) is 3.46. The van der Waals surface area contributed by atoms with E-state index in [0.717, 1.165) is 42.8 Å². The number of hydrogen-bond acceptors (Lipinski definition) is 4. The van der Waals surface area contributed by atoms with Crippen LogP contribution in [0.4, 0.5) is 0 Å². The molecule has 0 aliphatic carbocycles. The van der Waals surface area contributed by atoms with Gasteiger partial charge in [0, 0.05) is 31.9 Å². The van der Waals surface area contributed by atoms with Gasteiger partial charge in [0.2, 0.25) is 0 Å². The van der Waals surface area contributed by atoms with Gasteiger partial charge in [0.1, 0.15) is 5.75 Å². The molecule has 2 aliphatic rings. The van der Waals surface area contributed by atoms with Gasteiger partial charge in [0.15, 0.2) is 6.10 Å². The van der Waals surface area contributed by atoms with Crippen molar-refractivity contribution in [1.82, 2.24) is 9.88 Å². The summed E-state index contributed by atoms with van der Waals surface area (Å²) in [7, 11) is 0. The lowest BCUT2D eigenvalue weighted by Crippen LogP contribution is -2.46. The lowest BCUT2D eigenvalue weighted by molar-refractivity contribution is -0.140. The third-order valence-corrected chi connectivity index (χ3v) is 4.88. The summed E-state index contributed by atoms with van der Waals surface area (Å²) in [5.74, 6) is 0.942. The molecule has 25 heavy (non-hydrogen) atoms. The molecule has 0 unspecified atom stereocenters. The van der Waals surface area contributed by atoms with Crippen LogP contribution >= 0.6 is 0 Å². The molecule has 4 rings (SSSR count). The molecule has 3 heterocycles. The number of para-hydroxylation sites is 1. The average molecular weight is 338 g/mol. The number of rotatable bonds is 4. The van der Waals surface area contributed by atoms with Gasteiger partial charge >= 0.3 is 0 Å². The van der Waals surface area contributed by atoms with Gasteiger partial charge in [-0.1, -0.05) is 24.3 Å². The second kappa shape index (κ2) is 7.23. The molecule has 0 bridgehead atoms. The van der Waals surface area contributed by atoms with Crippen LogP contribution in [-0.2, 0) is 22.6 Å². The van der Waals surface area contributed by atoms with Crippen molar-refractivity contribution in [2.24, 2.45) is 0 Å². The quantitative estimate of drug-likeness (QED) is 0.860. The summed E-state index contributed by atoms with van der Waals surface area (Å²) in [6.45, 7) is 2.03. The zero-order valence-electron chi connectivity index (χ0n) is 14.1. The topological polar surface area (TPSA) is 51.7 Å². The first kappa shape index (κ1) is 16.1. The maximum atomic E-state index is 12.7. The Kier molecular flexibility index (Phi) is 4.65. The van der Waals surface area contributed by atoms with E-state index < -0.39 is 0 Å². The van der Waals surface area contributed by atoms with Crippen LogP contribution in [-0.4, -0.2) is 41.1 Å². The van der Waals surface area contributed by atoms with Crippen LogP contribution in [0.1, 0.15) is 24.0 Å². The van der Waals surface area contributed by atoms with E-state index in [1.807, 2.05) is 47.5 Å². The first-order valence-corrected chi connectivity index (χ1v) is 8.83. The zero-order chi connectivity index (χ0) is 17.1. The summed E-state index contributed by atoms with van der Waals surface area (Å²) >= 11 is 0. The monoisotopic (exact) mass is 338 g/mol. The smallest absolute Gasteiger partial charge is 0.263 e. The molecule has 1 atom stereocenters. The van der Waals surface area contributed by atoms with E-state index in [9.17, 15) is 4.79 Å². The van der Waals surface area contributed by atoms with Crippen molar-refractivity contribution in [3.05, 3.63) is 59.9 Å². The number of piperidine rings is 1. The third-order valence-electron chi connectivity index (χ3n) is 4.88. The largest absolute Gasteiger partial charge is 0.480 e. The molecule has 5 nitrogen and oxygen atoms in total. The Bertz CT molecular complexity index is 702. The minimum atomic E-state index is -0.370. The van der Waals surface area contributed by atoms with E-state index in [0.29, 0.717) is 13.0 Å². The van der Waals surface area contributed by atoms with Crippen LogP contribution in [0.15, 0.2) is 48.8 Å².